The van der Waals surface area contributed by atoms with E-state index < -0.39 is 29.7 Å². The van der Waals surface area contributed by atoms with Crippen LogP contribution in [-0.2, 0) is 4.74 Å². The molecule has 0 saturated carbocycles. The van der Waals surface area contributed by atoms with Gasteiger partial charge in [-0.05, 0) is 6.92 Å². The van der Waals surface area contributed by atoms with Gasteiger partial charge in [-0.25, -0.2) is 10.1 Å². The maximum Gasteiger partial charge on any atom is 0.348 e. The molecule has 0 amide bonds. The van der Waals surface area contributed by atoms with Crippen molar-refractivity contribution < 1.29 is 9.84 Å². The molecule has 0 spiro atoms. The predicted molar refractivity (Wildman–Crippen MR) is 70.0 cm³/mol. The quantitative estimate of drug-likeness (QED) is 0.440. The molecule has 0 aliphatic carbocycles. The second-order valence-electron chi connectivity index (χ2n) is 4.59. The molecule has 1 aliphatic rings. The van der Waals surface area contributed by atoms with Crippen LogP contribution < -0.4 is 16.5 Å². The van der Waals surface area contributed by atoms with E-state index in [1.54, 1.807) is 12.9 Å². The van der Waals surface area contributed by atoms with Crippen LogP contribution >= 0.6 is 0 Å². The Morgan fingerprint density at radius 1 is 1.70 bits per heavy atom. The average molecular weight is 277 g/mol. The molecular weight excluding hydrogens is 263 g/mol. The number of aliphatic hydroxyl groups is 1. The minimum atomic E-state index is -0.751. The van der Waals surface area contributed by atoms with Crippen molar-refractivity contribution in [1.82, 2.24) is 14.8 Å². The lowest BCUT2D eigenvalue weighted by molar-refractivity contribution is -0.0169. The standard InChI is InChI=1S/C11H14BN4O4/c1-6-4-16(11(19)15-10(6)18)9-2-7(17)8(20-9)3-14-12-5-13/h4,7-9,14,17H,2-3H2,1H3,(H,15,18,19)/t7-,8+,9+/m0/s1. The molecule has 8 nitrogen and oxygen atoms in total. The van der Waals surface area contributed by atoms with Crippen LogP contribution in [0.25, 0.3) is 0 Å². The molecule has 3 N–H and O–H groups in total. The SMILES string of the molecule is Cc1cn([C@H]2C[C@H](O)[C@@H](CN[B]C#N)O2)c(=O)[nH]c1=O. The molecule has 9 heteroatoms. The van der Waals surface area contributed by atoms with Gasteiger partial charge in [0.05, 0.1) is 12.2 Å². The Balaban J connectivity index is 2.12. The summed E-state index contributed by atoms with van der Waals surface area (Å²) in [5, 5.41) is 21.0. The lowest BCUT2D eigenvalue weighted by atomic mass is 9.98. The zero-order valence-corrected chi connectivity index (χ0v) is 10.9. The number of aromatic amines is 1. The molecule has 105 valence electrons. The van der Waals surface area contributed by atoms with E-state index in [9.17, 15) is 14.7 Å². The Bertz CT molecular complexity index is 635. The Hall–Kier alpha value is -1.89. The fourth-order valence-corrected chi connectivity index (χ4v) is 2.09. The fourth-order valence-electron chi connectivity index (χ4n) is 2.09. The molecule has 0 unspecified atom stereocenters. The summed E-state index contributed by atoms with van der Waals surface area (Å²) in [7, 11) is 1.19. The van der Waals surface area contributed by atoms with E-state index in [-0.39, 0.29) is 13.0 Å². The van der Waals surface area contributed by atoms with E-state index >= 15 is 0 Å². The zero-order chi connectivity index (χ0) is 14.7. The van der Waals surface area contributed by atoms with Crippen molar-refractivity contribution in [2.75, 3.05) is 6.54 Å². The van der Waals surface area contributed by atoms with Gasteiger partial charge in [0.15, 0.2) is 0 Å². The highest BCUT2D eigenvalue weighted by molar-refractivity contribution is 6.42. The number of aryl methyl sites for hydroxylation is 1. The van der Waals surface area contributed by atoms with Crippen LogP contribution in [0.1, 0.15) is 18.2 Å². The summed E-state index contributed by atoms with van der Waals surface area (Å²) in [6.45, 7) is 1.85. The van der Waals surface area contributed by atoms with E-state index in [0.29, 0.717) is 5.56 Å². The van der Waals surface area contributed by atoms with Crippen molar-refractivity contribution in [3.8, 4) is 5.97 Å². The first-order valence-electron chi connectivity index (χ1n) is 6.13. The lowest BCUT2D eigenvalue weighted by Crippen LogP contribution is -2.36. The maximum absolute atomic E-state index is 11.7. The number of nitrogens with one attached hydrogen (secondary N) is 2. The molecule has 3 atom stereocenters. The zero-order valence-electron chi connectivity index (χ0n) is 10.9. The topological polar surface area (TPSA) is 120 Å². The van der Waals surface area contributed by atoms with Gasteiger partial charge >= 0.3 is 13.1 Å². The van der Waals surface area contributed by atoms with E-state index in [1.165, 1.54) is 18.2 Å². The first-order chi connectivity index (χ1) is 9.52. The Kier molecular flexibility index (Phi) is 4.39. The maximum atomic E-state index is 11.7. The van der Waals surface area contributed by atoms with Crippen LogP contribution in [0.2, 0.25) is 0 Å². The summed E-state index contributed by atoms with van der Waals surface area (Å²) < 4.78 is 6.84. The third-order valence-corrected chi connectivity index (χ3v) is 3.15. The molecule has 1 radical (unpaired) electrons. The van der Waals surface area contributed by atoms with Crippen LogP contribution in [-0.4, -0.2) is 40.8 Å². The molecule has 0 bridgehead atoms. The van der Waals surface area contributed by atoms with Crippen LogP contribution in [0.4, 0.5) is 0 Å². The second kappa shape index (κ2) is 6.05. The molecule has 1 fully saturated rings. The minimum Gasteiger partial charge on any atom is -0.390 e. The fraction of sp³-hybridized carbons (Fsp3) is 0.545. The summed E-state index contributed by atoms with van der Waals surface area (Å²) in [5.74, 6) is 1.80. The van der Waals surface area contributed by atoms with Gasteiger partial charge in [-0.1, -0.05) is 0 Å². The number of nitriles is 1. The number of ether oxygens (including phenoxy) is 1. The smallest absolute Gasteiger partial charge is 0.348 e. The van der Waals surface area contributed by atoms with E-state index in [2.05, 4.69) is 10.2 Å². The third-order valence-electron chi connectivity index (χ3n) is 3.15. The van der Waals surface area contributed by atoms with Crippen molar-refractivity contribution in [3.63, 3.8) is 0 Å². The van der Waals surface area contributed by atoms with Crippen molar-refractivity contribution >= 4 is 7.41 Å². The number of aliphatic hydroxyl groups excluding tert-OH is 1. The largest absolute Gasteiger partial charge is 0.390 e. The molecule has 20 heavy (non-hydrogen) atoms. The monoisotopic (exact) mass is 277 g/mol. The predicted octanol–water partition coefficient (Wildman–Crippen LogP) is -1.82. The molecule has 1 saturated heterocycles. The minimum absolute atomic E-state index is 0.240. The van der Waals surface area contributed by atoms with Gasteiger partial charge in [0.1, 0.15) is 6.23 Å². The summed E-state index contributed by atoms with van der Waals surface area (Å²) >= 11 is 0. The molecule has 2 heterocycles. The molecular formula is C11H14BN4O4. The molecule has 2 rings (SSSR count). The Morgan fingerprint density at radius 3 is 3.15 bits per heavy atom. The lowest BCUT2D eigenvalue weighted by Gasteiger charge is -2.16. The van der Waals surface area contributed by atoms with Gasteiger partial charge in [0.25, 0.3) is 5.56 Å². The van der Waals surface area contributed by atoms with Gasteiger partial charge in [0, 0.05) is 30.7 Å². The van der Waals surface area contributed by atoms with Crippen LogP contribution in [0.5, 0.6) is 0 Å². The average Bonchev–Trinajstić information content (AvgIpc) is 2.76. The van der Waals surface area contributed by atoms with Crippen LogP contribution in [0.15, 0.2) is 15.8 Å². The van der Waals surface area contributed by atoms with Crippen molar-refractivity contribution in [2.45, 2.75) is 31.8 Å². The number of hydrogen-bond acceptors (Lipinski definition) is 6. The van der Waals surface area contributed by atoms with Gasteiger partial charge in [-0.3, -0.25) is 14.3 Å². The normalized spacial score (nSPS) is 25.4. The summed E-state index contributed by atoms with van der Waals surface area (Å²) in [6.07, 6.45) is -0.260. The van der Waals surface area contributed by atoms with Gasteiger partial charge in [-0.15, -0.1) is 0 Å². The Morgan fingerprint density at radius 2 is 2.45 bits per heavy atom. The second-order valence-corrected chi connectivity index (χ2v) is 4.59. The highest BCUT2D eigenvalue weighted by atomic mass is 16.5. The van der Waals surface area contributed by atoms with E-state index in [4.69, 9.17) is 10.00 Å². The molecule has 1 aromatic rings. The number of aromatic nitrogens is 2. The van der Waals surface area contributed by atoms with E-state index in [0.717, 1.165) is 0 Å². The number of H-pyrrole nitrogens is 1. The highest BCUT2D eigenvalue weighted by Gasteiger charge is 2.35. The van der Waals surface area contributed by atoms with E-state index in [1.807, 2.05) is 0 Å². The van der Waals surface area contributed by atoms with Gasteiger partial charge < -0.3 is 15.1 Å². The Labute approximate surface area is 115 Å². The van der Waals surface area contributed by atoms with Gasteiger partial charge in [0.2, 0.25) is 0 Å². The number of rotatable bonds is 4. The van der Waals surface area contributed by atoms with Crippen molar-refractivity contribution in [1.29, 1.82) is 5.26 Å². The van der Waals surface area contributed by atoms with Crippen molar-refractivity contribution in [2.24, 2.45) is 0 Å². The van der Waals surface area contributed by atoms with Crippen LogP contribution in [0, 0.1) is 18.2 Å². The summed E-state index contributed by atoms with van der Waals surface area (Å²) in [4.78, 5) is 25.2. The summed E-state index contributed by atoms with van der Waals surface area (Å²) in [6, 6.07) is 0. The molecule has 1 aliphatic heterocycles. The van der Waals surface area contributed by atoms with Gasteiger partial charge in [-0.2, -0.15) is 0 Å². The van der Waals surface area contributed by atoms with Crippen LogP contribution in [0.3, 0.4) is 0 Å². The molecule has 1 aromatic heterocycles. The third kappa shape index (κ3) is 2.99. The number of nitrogens with zero attached hydrogens (tertiary/aromatic N) is 2. The van der Waals surface area contributed by atoms with Crippen molar-refractivity contribution in [3.05, 3.63) is 32.6 Å². The highest BCUT2D eigenvalue weighted by Crippen LogP contribution is 2.27. The summed E-state index contributed by atoms with van der Waals surface area (Å²) in [5.41, 5.74) is -0.622. The first-order valence-corrected chi connectivity index (χ1v) is 6.13. The first kappa shape index (κ1) is 14.5. The number of hydrogen-bond donors (Lipinski definition) is 3. The molecule has 0 aromatic carbocycles.